The SMILES string of the molecule is COC(=O)COCC1CCCNC1.Cl. The van der Waals surface area contributed by atoms with Crippen LogP contribution in [0.1, 0.15) is 12.8 Å². The van der Waals surface area contributed by atoms with Crippen molar-refractivity contribution in [3.8, 4) is 0 Å². The summed E-state index contributed by atoms with van der Waals surface area (Å²) in [6.45, 7) is 2.84. The normalized spacial score (nSPS) is 21.1. The first-order valence-corrected chi connectivity index (χ1v) is 4.68. The fourth-order valence-electron chi connectivity index (χ4n) is 1.43. The fourth-order valence-corrected chi connectivity index (χ4v) is 1.43. The summed E-state index contributed by atoms with van der Waals surface area (Å²) in [5.41, 5.74) is 0. The molecule has 0 saturated carbocycles. The Bertz CT molecular complexity index is 160. The Hall–Kier alpha value is -0.320. The standard InChI is InChI=1S/C9H17NO3.ClH/c1-12-9(11)7-13-6-8-3-2-4-10-5-8;/h8,10H,2-7H2,1H3;1H. The lowest BCUT2D eigenvalue weighted by atomic mass is 10.0. The highest BCUT2D eigenvalue weighted by Crippen LogP contribution is 2.09. The largest absolute Gasteiger partial charge is 0.467 e. The van der Waals surface area contributed by atoms with Crippen molar-refractivity contribution in [2.24, 2.45) is 5.92 Å². The maximum atomic E-state index is 10.7. The van der Waals surface area contributed by atoms with Crippen molar-refractivity contribution < 1.29 is 14.3 Å². The molecule has 14 heavy (non-hydrogen) atoms. The molecule has 1 atom stereocenters. The van der Waals surface area contributed by atoms with Gasteiger partial charge in [-0.25, -0.2) is 4.79 Å². The molecule has 0 aromatic carbocycles. The van der Waals surface area contributed by atoms with Crippen LogP contribution in [0.4, 0.5) is 0 Å². The number of esters is 1. The third-order valence-electron chi connectivity index (χ3n) is 2.20. The second-order valence-electron chi connectivity index (χ2n) is 3.30. The first kappa shape index (κ1) is 13.7. The van der Waals surface area contributed by atoms with E-state index in [0.717, 1.165) is 13.1 Å². The summed E-state index contributed by atoms with van der Waals surface area (Å²) in [7, 11) is 1.37. The van der Waals surface area contributed by atoms with Crippen LogP contribution in [-0.2, 0) is 14.3 Å². The molecule has 1 heterocycles. The van der Waals surface area contributed by atoms with Gasteiger partial charge in [0.05, 0.1) is 13.7 Å². The second kappa shape index (κ2) is 8.03. The molecular formula is C9H18ClNO3. The lowest BCUT2D eigenvalue weighted by molar-refractivity contribution is -0.146. The highest BCUT2D eigenvalue weighted by molar-refractivity contribution is 5.85. The molecule has 0 spiro atoms. The summed E-state index contributed by atoms with van der Waals surface area (Å²) in [5.74, 6) is 0.252. The summed E-state index contributed by atoms with van der Waals surface area (Å²) in [6, 6.07) is 0. The minimum atomic E-state index is -0.302. The van der Waals surface area contributed by atoms with E-state index in [1.807, 2.05) is 0 Å². The van der Waals surface area contributed by atoms with Crippen molar-refractivity contribution in [1.82, 2.24) is 5.32 Å². The molecule has 1 saturated heterocycles. The van der Waals surface area contributed by atoms with E-state index < -0.39 is 0 Å². The van der Waals surface area contributed by atoms with E-state index in [1.54, 1.807) is 0 Å². The maximum absolute atomic E-state index is 10.7. The monoisotopic (exact) mass is 223 g/mol. The minimum Gasteiger partial charge on any atom is -0.467 e. The highest BCUT2D eigenvalue weighted by atomic mass is 35.5. The Morgan fingerprint density at radius 2 is 2.36 bits per heavy atom. The average Bonchev–Trinajstić information content (AvgIpc) is 2.19. The number of ether oxygens (including phenoxy) is 2. The lowest BCUT2D eigenvalue weighted by Crippen LogP contribution is -2.32. The van der Waals surface area contributed by atoms with Gasteiger partial charge >= 0.3 is 5.97 Å². The molecule has 1 fully saturated rings. The minimum absolute atomic E-state index is 0. The molecule has 84 valence electrons. The van der Waals surface area contributed by atoms with E-state index in [1.165, 1.54) is 20.0 Å². The topological polar surface area (TPSA) is 47.6 Å². The smallest absolute Gasteiger partial charge is 0.331 e. The average molecular weight is 224 g/mol. The molecular weight excluding hydrogens is 206 g/mol. The number of carbonyl (C=O) groups excluding carboxylic acids is 1. The lowest BCUT2D eigenvalue weighted by Gasteiger charge is -2.22. The summed E-state index contributed by atoms with van der Waals surface area (Å²) >= 11 is 0. The Morgan fingerprint density at radius 1 is 1.57 bits per heavy atom. The van der Waals surface area contributed by atoms with Gasteiger partial charge in [-0.1, -0.05) is 0 Å². The summed E-state index contributed by atoms with van der Waals surface area (Å²) < 4.78 is 9.67. The van der Waals surface area contributed by atoms with Crippen molar-refractivity contribution >= 4 is 18.4 Å². The predicted molar refractivity (Wildman–Crippen MR) is 55.7 cm³/mol. The van der Waals surface area contributed by atoms with Crippen LogP contribution in [0.3, 0.4) is 0 Å². The van der Waals surface area contributed by atoms with E-state index in [-0.39, 0.29) is 25.0 Å². The van der Waals surface area contributed by atoms with Crippen LogP contribution in [0, 0.1) is 5.92 Å². The number of hydrogen-bond acceptors (Lipinski definition) is 4. The second-order valence-corrected chi connectivity index (χ2v) is 3.30. The zero-order valence-electron chi connectivity index (χ0n) is 8.45. The van der Waals surface area contributed by atoms with Crippen molar-refractivity contribution in [1.29, 1.82) is 0 Å². The molecule has 5 heteroatoms. The molecule has 1 rings (SSSR count). The third-order valence-corrected chi connectivity index (χ3v) is 2.20. The molecule has 1 aliphatic heterocycles. The van der Waals surface area contributed by atoms with Gasteiger partial charge in [0.25, 0.3) is 0 Å². The number of piperidine rings is 1. The number of carbonyl (C=O) groups is 1. The summed E-state index contributed by atoms with van der Waals surface area (Å²) in [6.07, 6.45) is 2.39. The van der Waals surface area contributed by atoms with Gasteiger partial charge in [-0.15, -0.1) is 12.4 Å². The molecule has 0 aromatic rings. The molecule has 1 unspecified atom stereocenters. The maximum Gasteiger partial charge on any atom is 0.331 e. The quantitative estimate of drug-likeness (QED) is 0.709. The summed E-state index contributed by atoms with van der Waals surface area (Å²) in [4.78, 5) is 10.7. The molecule has 0 bridgehead atoms. The van der Waals surface area contributed by atoms with Gasteiger partial charge in [0.15, 0.2) is 0 Å². The number of rotatable bonds is 4. The first-order chi connectivity index (χ1) is 6.33. The Morgan fingerprint density at radius 3 is 2.93 bits per heavy atom. The van der Waals surface area contributed by atoms with E-state index >= 15 is 0 Å². The van der Waals surface area contributed by atoms with Crippen LogP contribution in [0.15, 0.2) is 0 Å². The van der Waals surface area contributed by atoms with Crippen LogP contribution < -0.4 is 5.32 Å². The van der Waals surface area contributed by atoms with E-state index in [0.29, 0.717) is 12.5 Å². The van der Waals surface area contributed by atoms with Crippen molar-refractivity contribution in [2.75, 3.05) is 33.4 Å². The van der Waals surface area contributed by atoms with Crippen molar-refractivity contribution in [3.05, 3.63) is 0 Å². The Kier molecular flexibility index (Phi) is 7.84. The highest BCUT2D eigenvalue weighted by Gasteiger charge is 2.13. The number of methoxy groups -OCH3 is 1. The van der Waals surface area contributed by atoms with E-state index in [4.69, 9.17) is 4.74 Å². The predicted octanol–water partition coefficient (Wildman–Crippen LogP) is 0.597. The molecule has 0 aliphatic carbocycles. The van der Waals surface area contributed by atoms with Crippen LogP contribution in [0.2, 0.25) is 0 Å². The first-order valence-electron chi connectivity index (χ1n) is 4.68. The van der Waals surface area contributed by atoms with E-state index in [9.17, 15) is 4.79 Å². The number of hydrogen-bond donors (Lipinski definition) is 1. The van der Waals surface area contributed by atoms with Gasteiger partial charge in [0, 0.05) is 6.54 Å². The Labute approximate surface area is 90.7 Å². The van der Waals surface area contributed by atoms with Crippen LogP contribution in [0.25, 0.3) is 0 Å². The Balaban J connectivity index is 0.00000169. The fraction of sp³-hybridized carbons (Fsp3) is 0.889. The van der Waals surface area contributed by atoms with Crippen LogP contribution in [-0.4, -0.2) is 39.4 Å². The van der Waals surface area contributed by atoms with Crippen molar-refractivity contribution in [3.63, 3.8) is 0 Å². The van der Waals surface area contributed by atoms with E-state index in [2.05, 4.69) is 10.1 Å². The zero-order valence-corrected chi connectivity index (χ0v) is 9.27. The number of halogens is 1. The van der Waals surface area contributed by atoms with Gasteiger partial charge in [-0.2, -0.15) is 0 Å². The number of nitrogens with one attached hydrogen (secondary N) is 1. The molecule has 1 N–H and O–H groups in total. The van der Waals surface area contributed by atoms with Crippen LogP contribution in [0.5, 0.6) is 0 Å². The van der Waals surface area contributed by atoms with Gasteiger partial charge in [0.2, 0.25) is 0 Å². The summed E-state index contributed by atoms with van der Waals surface area (Å²) in [5, 5.41) is 3.29. The molecule has 0 aromatic heterocycles. The van der Waals surface area contributed by atoms with Gasteiger partial charge < -0.3 is 14.8 Å². The molecule has 0 amide bonds. The van der Waals surface area contributed by atoms with Gasteiger partial charge in [-0.05, 0) is 25.3 Å². The zero-order chi connectivity index (χ0) is 9.52. The van der Waals surface area contributed by atoms with Gasteiger partial charge in [-0.3, -0.25) is 0 Å². The van der Waals surface area contributed by atoms with Gasteiger partial charge in [0.1, 0.15) is 6.61 Å². The third kappa shape index (κ3) is 5.42. The van der Waals surface area contributed by atoms with Crippen LogP contribution >= 0.6 is 12.4 Å². The van der Waals surface area contributed by atoms with Crippen molar-refractivity contribution in [2.45, 2.75) is 12.8 Å². The molecule has 4 nitrogen and oxygen atoms in total. The molecule has 0 radical (unpaired) electrons. The molecule has 1 aliphatic rings.